The SMILES string of the molecule is CCC1CCCCC1(O)c1ccccc1OC(F)(F)F. The number of hydrogen-bond acceptors (Lipinski definition) is 2. The lowest BCUT2D eigenvalue weighted by Crippen LogP contribution is -2.38. The Labute approximate surface area is 116 Å². The molecule has 112 valence electrons. The van der Waals surface area contributed by atoms with Crippen molar-refractivity contribution in [2.24, 2.45) is 5.92 Å². The third-order valence-corrected chi connectivity index (χ3v) is 4.11. The van der Waals surface area contributed by atoms with Gasteiger partial charge in [-0.25, -0.2) is 0 Å². The highest BCUT2D eigenvalue weighted by atomic mass is 19.4. The summed E-state index contributed by atoms with van der Waals surface area (Å²) in [5, 5.41) is 10.9. The van der Waals surface area contributed by atoms with E-state index in [1.54, 1.807) is 6.07 Å². The molecule has 20 heavy (non-hydrogen) atoms. The highest BCUT2D eigenvalue weighted by molar-refractivity contribution is 5.39. The maximum Gasteiger partial charge on any atom is 0.573 e. The molecule has 2 atom stereocenters. The van der Waals surface area contributed by atoms with Gasteiger partial charge in [0.2, 0.25) is 0 Å². The molecule has 0 amide bonds. The van der Waals surface area contributed by atoms with E-state index in [0.29, 0.717) is 6.42 Å². The fraction of sp³-hybridized carbons (Fsp3) is 0.600. The Hall–Kier alpha value is -1.23. The van der Waals surface area contributed by atoms with E-state index < -0.39 is 12.0 Å². The molecule has 1 fully saturated rings. The number of rotatable bonds is 3. The highest BCUT2D eigenvalue weighted by Gasteiger charge is 2.42. The molecule has 0 aromatic heterocycles. The first-order chi connectivity index (χ1) is 9.37. The van der Waals surface area contributed by atoms with Gasteiger partial charge < -0.3 is 9.84 Å². The predicted octanol–water partition coefficient (Wildman–Crippen LogP) is 4.37. The summed E-state index contributed by atoms with van der Waals surface area (Å²) in [6, 6.07) is 5.92. The third kappa shape index (κ3) is 3.08. The molecule has 0 aliphatic heterocycles. The number of aliphatic hydroxyl groups is 1. The van der Waals surface area contributed by atoms with Crippen molar-refractivity contribution < 1.29 is 23.0 Å². The number of halogens is 3. The first-order valence-corrected chi connectivity index (χ1v) is 6.94. The van der Waals surface area contributed by atoms with Crippen LogP contribution < -0.4 is 4.74 Å². The number of alkyl halides is 3. The number of para-hydroxylation sites is 1. The van der Waals surface area contributed by atoms with E-state index in [4.69, 9.17) is 0 Å². The second-order valence-corrected chi connectivity index (χ2v) is 5.32. The van der Waals surface area contributed by atoms with Gasteiger partial charge in [0, 0.05) is 5.56 Å². The zero-order valence-electron chi connectivity index (χ0n) is 11.4. The summed E-state index contributed by atoms with van der Waals surface area (Å²) in [5.41, 5.74) is -0.974. The van der Waals surface area contributed by atoms with E-state index >= 15 is 0 Å². The molecule has 0 heterocycles. The quantitative estimate of drug-likeness (QED) is 0.894. The normalized spacial score (nSPS) is 27.4. The summed E-state index contributed by atoms with van der Waals surface area (Å²) in [5.74, 6) is -0.322. The standard InChI is InChI=1S/C15H19F3O2/c1-2-11-7-5-6-10-14(11,19)12-8-3-4-9-13(12)20-15(16,17)18/h3-4,8-9,11,19H,2,5-7,10H2,1H3. The molecule has 2 nitrogen and oxygen atoms in total. The first-order valence-electron chi connectivity index (χ1n) is 6.94. The van der Waals surface area contributed by atoms with Gasteiger partial charge in [0.1, 0.15) is 5.75 Å². The van der Waals surface area contributed by atoms with Crippen molar-refractivity contribution in [3.63, 3.8) is 0 Å². The average molecular weight is 288 g/mol. The lowest BCUT2D eigenvalue weighted by Gasteiger charge is -2.40. The molecular formula is C15H19F3O2. The van der Waals surface area contributed by atoms with Gasteiger partial charge in [0.15, 0.2) is 0 Å². The van der Waals surface area contributed by atoms with Crippen molar-refractivity contribution >= 4 is 0 Å². The van der Waals surface area contributed by atoms with Crippen LogP contribution in [0.25, 0.3) is 0 Å². The first kappa shape index (κ1) is 15.2. The average Bonchev–Trinajstić information content (AvgIpc) is 2.38. The molecule has 1 aromatic rings. The Morgan fingerprint density at radius 1 is 1.30 bits per heavy atom. The second-order valence-electron chi connectivity index (χ2n) is 5.32. The van der Waals surface area contributed by atoms with Crippen LogP contribution >= 0.6 is 0 Å². The summed E-state index contributed by atoms with van der Waals surface area (Å²) in [4.78, 5) is 0. The zero-order chi connectivity index (χ0) is 14.8. The van der Waals surface area contributed by atoms with Crippen molar-refractivity contribution in [3.05, 3.63) is 29.8 Å². The van der Waals surface area contributed by atoms with E-state index in [-0.39, 0.29) is 17.2 Å². The van der Waals surface area contributed by atoms with Crippen molar-refractivity contribution in [2.45, 2.75) is 51.0 Å². The minimum Gasteiger partial charge on any atom is -0.405 e. The molecule has 2 rings (SSSR count). The molecule has 0 spiro atoms. The molecule has 5 heteroatoms. The zero-order valence-corrected chi connectivity index (χ0v) is 11.4. The predicted molar refractivity (Wildman–Crippen MR) is 69.3 cm³/mol. The Morgan fingerprint density at radius 3 is 2.65 bits per heavy atom. The smallest absolute Gasteiger partial charge is 0.405 e. The lowest BCUT2D eigenvalue weighted by atomic mass is 9.70. The largest absolute Gasteiger partial charge is 0.573 e. The van der Waals surface area contributed by atoms with E-state index in [1.165, 1.54) is 18.2 Å². The minimum atomic E-state index is -4.75. The van der Waals surface area contributed by atoms with Crippen LogP contribution in [0.15, 0.2) is 24.3 Å². The van der Waals surface area contributed by atoms with Crippen LogP contribution in [-0.4, -0.2) is 11.5 Å². The van der Waals surface area contributed by atoms with Crippen molar-refractivity contribution in [1.82, 2.24) is 0 Å². The van der Waals surface area contributed by atoms with Crippen LogP contribution in [0, 0.1) is 5.92 Å². The molecule has 2 unspecified atom stereocenters. The molecule has 1 N–H and O–H groups in total. The van der Waals surface area contributed by atoms with E-state index in [0.717, 1.165) is 25.7 Å². The van der Waals surface area contributed by atoms with Gasteiger partial charge in [-0.2, -0.15) is 0 Å². The van der Waals surface area contributed by atoms with Gasteiger partial charge in [-0.1, -0.05) is 44.4 Å². The van der Waals surface area contributed by atoms with Crippen LogP contribution in [0.1, 0.15) is 44.6 Å². The van der Waals surface area contributed by atoms with Crippen LogP contribution in [0.2, 0.25) is 0 Å². The second kappa shape index (κ2) is 5.64. The molecule has 0 radical (unpaired) electrons. The minimum absolute atomic E-state index is 0.0331. The van der Waals surface area contributed by atoms with Crippen LogP contribution in [0.4, 0.5) is 13.2 Å². The third-order valence-electron chi connectivity index (χ3n) is 4.11. The molecule has 1 aliphatic carbocycles. The van der Waals surface area contributed by atoms with Gasteiger partial charge in [-0.05, 0) is 24.8 Å². The molecular weight excluding hydrogens is 269 g/mol. The molecule has 1 aromatic carbocycles. The Kier molecular flexibility index (Phi) is 4.28. The maximum absolute atomic E-state index is 12.5. The summed E-state index contributed by atoms with van der Waals surface area (Å²) in [6.45, 7) is 1.95. The lowest BCUT2D eigenvalue weighted by molar-refractivity contribution is -0.275. The highest BCUT2D eigenvalue weighted by Crippen LogP contribution is 2.46. The monoisotopic (exact) mass is 288 g/mol. The van der Waals surface area contributed by atoms with Crippen LogP contribution in [0.3, 0.4) is 0 Å². The van der Waals surface area contributed by atoms with Gasteiger partial charge in [-0.15, -0.1) is 13.2 Å². The van der Waals surface area contributed by atoms with E-state index in [1.807, 2.05) is 6.92 Å². The van der Waals surface area contributed by atoms with E-state index in [2.05, 4.69) is 4.74 Å². The number of ether oxygens (including phenoxy) is 1. The van der Waals surface area contributed by atoms with Gasteiger partial charge in [0.05, 0.1) is 5.60 Å². The molecule has 0 saturated heterocycles. The summed E-state index contributed by atoms with van der Waals surface area (Å²) in [6.07, 6.45) is -0.896. The van der Waals surface area contributed by atoms with Gasteiger partial charge in [-0.3, -0.25) is 0 Å². The Balaban J connectivity index is 2.40. The number of hydrogen-bond donors (Lipinski definition) is 1. The molecule has 1 saturated carbocycles. The fourth-order valence-corrected chi connectivity index (χ4v) is 3.16. The Morgan fingerprint density at radius 2 is 2.00 bits per heavy atom. The summed E-state index contributed by atoms with van der Waals surface area (Å²) < 4.78 is 41.5. The van der Waals surface area contributed by atoms with Crippen molar-refractivity contribution in [2.75, 3.05) is 0 Å². The number of benzene rings is 1. The Bertz CT molecular complexity index is 459. The van der Waals surface area contributed by atoms with E-state index in [9.17, 15) is 18.3 Å². The van der Waals surface area contributed by atoms with Crippen molar-refractivity contribution in [1.29, 1.82) is 0 Å². The van der Waals surface area contributed by atoms with Gasteiger partial charge in [0.25, 0.3) is 0 Å². The van der Waals surface area contributed by atoms with Gasteiger partial charge >= 0.3 is 6.36 Å². The molecule has 0 bridgehead atoms. The van der Waals surface area contributed by atoms with Crippen molar-refractivity contribution in [3.8, 4) is 5.75 Å². The van der Waals surface area contributed by atoms with Crippen LogP contribution in [-0.2, 0) is 5.60 Å². The molecule has 1 aliphatic rings. The summed E-state index contributed by atoms with van der Waals surface area (Å²) >= 11 is 0. The summed E-state index contributed by atoms with van der Waals surface area (Å²) in [7, 11) is 0. The topological polar surface area (TPSA) is 29.5 Å². The van der Waals surface area contributed by atoms with Crippen LogP contribution in [0.5, 0.6) is 5.75 Å². The maximum atomic E-state index is 12.5. The fourth-order valence-electron chi connectivity index (χ4n) is 3.16.